The molecule has 0 aliphatic carbocycles. The number of hydrogen-bond acceptors (Lipinski definition) is 4. The number of nitrogens with two attached hydrogens (primary N) is 1. The molecule has 3 aromatic carbocycles. The third kappa shape index (κ3) is 9.52. The number of nitrogens with one attached hydrogen (secondary N) is 2. The summed E-state index contributed by atoms with van der Waals surface area (Å²) in [6.07, 6.45) is 2.48. The van der Waals surface area contributed by atoms with Crippen molar-refractivity contribution in [3.05, 3.63) is 101 Å². The van der Waals surface area contributed by atoms with Gasteiger partial charge in [-0.3, -0.25) is 14.4 Å². The quantitative estimate of drug-likeness (QED) is 0.229. The SMILES string of the molecule is CCCN(CCC)C(=O)c1cc(C)cc(C(=O)N[C@@H](Cc2ccccc2)[C@@H](N)C[C@@H](C)C(=O)Nc2ccc(F)cc2)c1. The Morgan fingerprint density at radius 3 is 2.14 bits per heavy atom. The summed E-state index contributed by atoms with van der Waals surface area (Å²) in [7, 11) is 0. The summed E-state index contributed by atoms with van der Waals surface area (Å²) in [5, 5.41) is 5.89. The standard InChI is InChI=1S/C34H43FN4O3/c1-5-16-39(17-6-2)34(42)27-19-23(3)18-26(22-27)33(41)38-31(21-25-10-8-7-9-11-25)30(36)20-24(4)32(40)37-29-14-12-28(35)13-15-29/h7-15,18-19,22,24,30-31H,5-6,16-17,20-21,36H2,1-4H3,(H,37,40)(H,38,41)/t24-,30+,31+/m1/s1. The molecule has 0 radical (unpaired) electrons. The summed E-state index contributed by atoms with van der Waals surface area (Å²) in [6.45, 7) is 9.03. The molecule has 0 heterocycles. The van der Waals surface area contributed by atoms with Crippen LogP contribution in [0.2, 0.25) is 0 Å². The van der Waals surface area contributed by atoms with E-state index in [0.717, 1.165) is 24.0 Å². The first-order valence-corrected chi connectivity index (χ1v) is 14.7. The summed E-state index contributed by atoms with van der Waals surface area (Å²) in [4.78, 5) is 41.5. The van der Waals surface area contributed by atoms with Gasteiger partial charge in [0.05, 0.1) is 0 Å². The lowest BCUT2D eigenvalue weighted by molar-refractivity contribution is -0.119. The van der Waals surface area contributed by atoms with Crippen LogP contribution in [0, 0.1) is 18.7 Å². The van der Waals surface area contributed by atoms with E-state index in [1.54, 1.807) is 19.1 Å². The van der Waals surface area contributed by atoms with E-state index < -0.39 is 18.0 Å². The smallest absolute Gasteiger partial charge is 0.253 e. The van der Waals surface area contributed by atoms with Crippen LogP contribution < -0.4 is 16.4 Å². The van der Waals surface area contributed by atoms with Crippen molar-refractivity contribution >= 4 is 23.4 Å². The molecule has 7 nitrogen and oxygen atoms in total. The lowest BCUT2D eigenvalue weighted by Crippen LogP contribution is -2.50. The van der Waals surface area contributed by atoms with Crippen LogP contribution in [0.4, 0.5) is 10.1 Å². The van der Waals surface area contributed by atoms with Gasteiger partial charge in [-0.25, -0.2) is 4.39 Å². The van der Waals surface area contributed by atoms with Crippen molar-refractivity contribution in [2.75, 3.05) is 18.4 Å². The van der Waals surface area contributed by atoms with Crippen LogP contribution in [-0.4, -0.2) is 47.8 Å². The molecule has 0 bridgehead atoms. The van der Waals surface area contributed by atoms with Crippen LogP contribution in [0.15, 0.2) is 72.8 Å². The van der Waals surface area contributed by atoms with Crippen molar-refractivity contribution < 1.29 is 18.8 Å². The van der Waals surface area contributed by atoms with E-state index >= 15 is 0 Å². The highest BCUT2D eigenvalue weighted by Gasteiger charge is 2.26. The van der Waals surface area contributed by atoms with E-state index in [9.17, 15) is 18.8 Å². The van der Waals surface area contributed by atoms with Crippen LogP contribution in [0.1, 0.15) is 71.9 Å². The monoisotopic (exact) mass is 574 g/mol. The number of anilines is 1. The topological polar surface area (TPSA) is 105 Å². The van der Waals surface area contributed by atoms with E-state index in [0.29, 0.717) is 42.7 Å². The molecule has 0 aromatic heterocycles. The van der Waals surface area contributed by atoms with Crippen LogP contribution in [0.5, 0.6) is 0 Å². The molecule has 4 N–H and O–H groups in total. The number of aryl methyl sites for hydroxylation is 1. The third-order valence-electron chi connectivity index (χ3n) is 7.18. The summed E-state index contributed by atoms with van der Waals surface area (Å²) < 4.78 is 13.2. The van der Waals surface area contributed by atoms with Crippen LogP contribution in [0.3, 0.4) is 0 Å². The highest BCUT2D eigenvalue weighted by Crippen LogP contribution is 2.18. The molecule has 0 saturated heterocycles. The van der Waals surface area contributed by atoms with E-state index in [1.807, 2.05) is 62.1 Å². The lowest BCUT2D eigenvalue weighted by Gasteiger charge is -2.27. The molecule has 0 aliphatic rings. The van der Waals surface area contributed by atoms with Gasteiger partial charge in [0.1, 0.15) is 5.82 Å². The number of carbonyl (C=O) groups is 3. The van der Waals surface area contributed by atoms with Crippen LogP contribution in [0.25, 0.3) is 0 Å². The van der Waals surface area contributed by atoms with Crippen molar-refractivity contribution in [1.29, 1.82) is 0 Å². The molecule has 8 heteroatoms. The Morgan fingerprint density at radius 2 is 1.52 bits per heavy atom. The van der Waals surface area contributed by atoms with Gasteiger partial charge in [-0.1, -0.05) is 51.1 Å². The van der Waals surface area contributed by atoms with Crippen LogP contribution in [-0.2, 0) is 11.2 Å². The lowest BCUT2D eigenvalue weighted by atomic mass is 9.91. The zero-order valence-electron chi connectivity index (χ0n) is 25.0. The fourth-order valence-corrected chi connectivity index (χ4v) is 4.98. The average molecular weight is 575 g/mol. The molecular formula is C34H43FN4O3. The van der Waals surface area contributed by atoms with Gasteiger partial charge >= 0.3 is 0 Å². The second-order valence-electron chi connectivity index (χ2n) is 10.9. The predicted molar refractivity (Wildman–Crippen MR) is 166 cm³/mol. The average Bonchev–Trinajstić information content (AvgIpc) is 2.97. The fourth-order valence-electron chi connectivity index (χ4n) is 4.98. The second-order valence-corrected chi connectivity index (χ2v) is 10.9. The number of hydrogen-bond donors (Lipinski definition) is 3. The zero-order valence-corrected chi connectivity index (χ0v) is 25.0. The highest BCUT2D eigenvalue weighted by molar-refractivity contribution is 6.00. The minimum atomic E-state index is -0.543. The van der Waals surface area contributed by atoms with E-state index in [-0.39, 0.29) is 23.5 Å². The summed E-state index contributed by atoms with van der Waals surface area (Å²) in [5.41, 5.74) is 9.83. The minimum Gasteiger partial charge on any atom is -0.347 e. The van der Waals surface area contributed by atoms with Crippen molar-refractivity contribution in [2.45, 2.75) is 65.5 Å². The first kappa shape index (κ1) is 32.5. The van der Waals surface area contributed by atoms with Gasteiger partial charge in [0, 0.05) is 47.9 Å². The molecule has 3 rings (SSSR count). The van der Waals surface area contributed by atoms with Crippen molar-refractivity contribution in [1.82, 2.24) is 10.2 Å². The number of amides is 3. The highest BCUT2D eigenvalue weighted by atomic mass is 19.1. The number of halogens is 1. The van der Waals surface area contributed by atoms with E-state index in [4.69, 9.17) is 5.73 Å². The number of rotatable bonds is 14. The summed E-state index contributed by atoms with van der Waals surface area (Å²) in [6, 6.07) is 19.5. The van der Waals surface area contributed by atoms with Crippen molar-refractivity contribution in [3.8, 4) is 0 Å². The molecule has 0 spiro atoms. The molecule has 3 amide bonds. The number of nitrogens with zero attached hydrogens (tertiary/aromatic N) is 1. The second kappa shape index (κ2) is 15.8. The van der Waals surface area contributed by atoms with Gasteiger partial charge in [-0.15, -0.1) is 0 Å². The first-order valence-electron chi connectivity index (χ1n) is 14.7. The van der Waals surface area contributed by atoms with Crippen LogP contribution >= 0.6 is 0 Å². The molecular weight excluding hydrogens is 531 g/mol. The van der Waals surface area contributed by atoms with Gasteiger partial charge in [0.15, 0.2) is 0 Å². The molecule has 3 atom stereocenters. The number of carbonyl (C=O) groups excluding carboxylic acids is 3. The molecule has 0 saturated carbocycles. The Morgan fingerprint density at radius 1 is 0.905 bits per heavy atom. The Balaban J connectivity index is 1.78. The molecule has 0 fully saturated rings. The molecule has 224 valence electrons. The Kier molecular flexibility index (Phi) is 12.2. The van der Waals surface area contributed by atoms with Gasteiger partial charge < -0.3 is 21.3 Å². The maximum absolute atomic E-state index is 13.6. The largest absolute Gasteiger partial charge is 0.347 e. The maximum Gasteiger partial charge on any atom is 0.253 e. The normalized spacial score (nSPS) is 13.1. The van der Waals surface area contributed by atoms with Crippen molar-refractivity contribution in [3.63, 3.8) is 0 Å². The van der Waals surface area contributed by atoms with Gasteiger partial charge in [-0.2, -0.15) is 0 Å². The Labute approximate surface area is 248 Å². The molecule has 0 aliphatic heterocycles. The minimum absolute atomic E-state index is 0.0880. The number of benzene rings is 3. The third-order valence-corrected chi connectivity index (χ3v) is 7.18. The Bertz CT molecular complexity index is 1320. The predicted octanol–water partition coefficient (Wildman–Crippen LogP) is 5.73. The van der Waals surface area contributed by atoms with E-state index in [2.05, 4.69) is 10.6 Å². The first-order chi connectivity index (χ1) is 20.1. The maximum atomic E-state index is 13.6. The molecule has 0 unspecified atom stereocenters. The van der Waals surface area contributed by atoms with Gasteiger partial charge in [-0.05, 0) is 86.2 Å². The fraction of sp³-hybridized carbons (Fsp3) is 0.382. The van der Waals surface area contributed by atoms with Crippen molar-refractivity contribution in [2.24, 2.45) is 11.7 Å². The van der Waals surface area contributed by atoms with E-state index in [1.165, 1.54) is 24.3 Å². The Hall–Kier alpha value is -4.04. The summed E-state index contributed by atoms with van der Waals surface area (Å²) >= 11 is 0. The summed E-state index contributed by atoms with van der Waals surface area (Å²) in [5.74, 6) is -1.51. The molecule has 3 aromatic rings. The zero-order chi connectivity index (χ0) is 30.6. The van der Waals surface area contributed by atoms with Gasteiger partial charge in [0.25, 0.3) is 11.8 Å². The van der Waals surface area contributed by atoms with Gasteiger partial charge in [0.2, 0.25) is 5.91 Å². The molecule has 42 heavy (non-hydrogen) atoms.